The van der Waals surface area contributed by atoms with E-state index in [9.17, 15) is 9.59 Å². The number of aliphatic imine (C=N–C) groups is 1. The zero-order valence-electron chi connectivity index (χ0n) is 16.6. The van der Waals surface area contributed by atoms with Crippen molar-refractivity contribution < 1.29 is 14.3 Å². The number of nitrogens with zero attached hydrogens (tertiary/aromatic N) is 1. The molecule has 28 heavy (non-hydrogen) atoms. The summed E-state index contributed by atoms with van der Waals surface area (Å²) < 4.78 is 4.85. The van der Waals surface area contributed by atoms with Gasteiger partial charge in [0.1, 0.15) is 0 Å². The van der Waals surface area contributed by atoms with Gasteiger partial charge in [-0.3, -0.25) is 14.6 Å². The fourth-order valence-corrected chi connectivity index (χ4v) is 3.51. The van der Waals surface area contributed by atoms with Crippen LogP contribution in [0.4, 0.5) is 0 Å². The number of rotatable bonds is 5. The van der Waals surface area contributed by atoms with Gasteiger partial charge in [-0.25, -0.2) is 0 Å². The molecule has 1 aliphatic rings. The largest absolute Gasteiger partial charge is 0.469 e. The third-order valence-corrected chi connectivity index (χ3v) is 5.05. The number of carbonyl (C=O) groups is 2. The molecule has 0 saturated carbocycles. The Hall–Kier alpha value is -3.01. The summed E-state index contributed by atoms with van der Waals surface area (Å²) in [5.41, 5.74) is 5.39. The van der Waals surface area contributed by atoms with Crippen LogP contribution in [0.15, 0.2) is 59.7 Å². The zero-order chi connectivity index (χ0) is 20.1. The molecule has 0 fully saturated rings. The highest BCUT2D eigenvalue weighted by Crippen LogP contribution is 2.29. The number of carbonyl (C=O) groups excluding carboxylic acids is 2. The lowest BCUT2D eigenvalue weighted by atomic mass is 9.87. The number of hydrogen-bond acceptors (Lipinski definition) is 4. The summed E-state index contributed by atoms with van der Waals surface area (Å²) in [6.07, 6.45) is 3.36. The van der Waals surface area contributed by atoms with Crippen molar-refractivity contribution in [1.29, 1.82) is 0 Å². The first kappa shape index (κ1) is 19.7. The lowest BCUT2D eigenvalue weighted by molar-refractivity contribution is -0.141. The lowest BCUT2D eigenvalue weighted by Gasteiger charge is -2.16. The van der Waals surface area contributed by atoms with Crippen LogP contribution in [0, 0.1) is 19.8 Å². The van der Waals surface area contributed by atoms with E-state index in [2.05, 4.69) is 30.1 Å². The second-order valence-electron chi connectivity index (χ2n) is 7.25. The predicted molar refractivity (Wildman–Crippen MR) is 111 cm³/mol. The van der Waals surface area contributed by atoms with Crippen molar-refractivity contribution in [1.82, 2.24) is 0 Å². The molecule has 0 spiro atoms. The van der Waals surface area contributed by atoms with Gasteiger partial charge in [-0.1, -0.05) is 53.6 Å². The molecule has 1 unspecified atom stereocenters. The van der Waals surface area contributed by atoms with Crippen LogP contribution >= 0.6 is 0 Å². The Morgan fingerprint density at radius 3 is 2.46 bits per heavy atom. The Bertz CT molecular complexity index is 956. The van der Waals surface area contributed by atoms with Crippen LogP contribution in [-0.2, 0) is 9.53 Å². The monoisotopic (exact) mass is 375 g/mol. The molecule has 0 N–H and O–H groups in total. The highest BCUT2D eigenvalue weighted by Gasteiger charge is 2.28. The van der Waals surface area contributed by atoms with E-state index in [0.717, 1.165) is 23.1 Å². The van der Waals surface area contributed by atoms with Gasteiger partial charge >= 0.3 is 5.97 Å². The second-order valence-corrected chi connectivity index (χ2v) is 7.25. The molecular formula is C24H25NO3. The Labute approximate surface area is 166 Å². The van der Waals surface area contributed by atoms with Crippen molar-refractivity contribution in [2.75, 3.05) is 7.11 Å². The highest BCUT2D eigenvalue weighted by molar-refractivity contribution is 6.47. The molecule has 0 aromatic heterocycles. The maximum atomic E-state index is 13.2. The van der Waals surface area contributed by atoms with Crippen molar-refractivity contribution in [2.45, 2.75) is 33.1 Å². The van der Waals surface area contributed by atoms with Crippen molar-refractivity contribution in [2.24, 2.45) is 10.9 Å². The van der Waals surface area contributed by atoms with Gasteiger partial charge in [0, 0.05) is 17.7 Å². The molecule has 0 bridgehead atoms. The molecular weight excluding hydrogens is 350 g/mol. The van der Waals surface area contributed by atoms with Gasteiger partial charge in [0.2, 0.25) is 5.78 Å². The number of ether oxygens (including phenoxy) is 1. The molecule has 0 amide bonds. The van der Waals surface area contributed by atoms with Gasteiger partial charge in [-0.05, 0) is 43.9 Å². The van der Waals surface area contributed by atoms with Gasteiger partial charge < -0.3 is 4.74 Å². The van der Waals surface area contributed by atoms with E-state index >= 15 is 0 Å². The van der Waals surface area contributed by atoms with Gasteiger partial charge in [0.25, 0.3) is 0 Å². The standard InChI is InChI=1S/C24H25NO3/c1-16-6-4-8-18(12-16)21-11-10-19(14-22(26)28-3)23(25-15-21)24(27)20-9-5-7-17(2)13-20/h4-9,12-13,15,19H,10-11,14H2,1-3H3. The minimum Gasteiger partial charge on any atom is -0.469 e. The summed E-state index contributed by atoms with van der Waals surface area (Å²) in [7, 11) is 1.37. The summed E-state index contributed by atoms with van der Waals surface area (Å²) in [5.74, 6) is -0.716. The van der Waals surface area contributed by atoms with Crippen LogP contribution in [0.2, 0.25) is 0 Å². The molecule has 0 aliphatic carbocycles. The van der Waals surface area contributed by atoms with Gasteiger partial charge in [0.15, 0.2) is 0 Å². The van der Waals surface area contributed by atoms with Crippen molar-refractivity contribution >= 4 is 23.0 Å². The second kappa shape index (κ2) is 8.79. The normalized spacial score (nSPS) is 16.6. The quantitative estimate of drug-likeness (QED) is 0.549. The molecule has 3 rings (SSSR count). The maximum Gasteiger partial charge on any atom is 0.306 e. The Balaban J connectivity index is 1.97. The zero-order valence-corrected chi connectivity index (χ0v) is 16.6. The average Bonchev–Trinajstić information content (AvgIpc) is 2.90. The molecule has 2 aromatic rings. The Morgan fingerprint density at radius 1 is 1.07 bits per heavy atom. The number of Topliss-reactive ketones (excluding diaryl/α,β-unsaturated/α-hetero) is 1. The molecule has 4 nitrogen and oxygen atoms in total. The minimum atomic E-state index is -0.325. The first-order valence-corrected chi connectivity index (χ1v) is 9.50. The molecule has 1 heterocycles. The summed E-state index contributed by atoms with van der Waals surface area (Å²) in [5, 5.41) is 0. The summed E-state index contributed by atoms with van der Waals surface area (Å²) in [6, 6.07) is 15.7. The fraction of sp³-hybridized carbons (Fsp3) is 0.292. The summed E-state index contributed by atoms with van der Waals surface area (Å²) >= 11 is 0. The summed E-state index contributed by atoms with van der Waals surface area (Å²) in [6.45, 7) is 4.00. The van der Waals surface area contributed by atoms with E-state index in [0.29, 0.717) is 17.7 Å². The van der Waals surface area contributed by atoms with Crippen LogP contribution in [0.1, 0.15) is 46.3 Å². The fourth-order valence-electron chi connectivity index (χ4n) is 3.51. The predicted octanol–water partition coefficient (Wildman–Crippen LogP) is 4.94. The van der Waals surface area contributed by atoms with Crippen molar-refractivity contribution in [3.05, 3.63) is 77.0 Å². The van der Waals surface area contributed by atoms with E-state index in [1.165, 1.54) is 12.7 Å². The number of hydrogen-bond donors (Lipinski definition) is 0. The molecule has 1 aliphatic heterocycles. The maximum absolute atomic E-state index is 13.2. The number of esters is 1. The van der Waals surface area contributed by atoms with E-state index in [-0.39, 0.29) is 24.1 Å². The molecule has 0 saturated heterocycles. The van der Waals surface area contributed by atoms with Gasteiger partial charge in [-0.15, -0.1) is 0 Å². The number of aryl methyl sites for hydroxylation is 2. The molecule has 2 aromatic carbocycles. The SMILES string of the molecule is COC(=O)CC1CCC(c2cccc(C)c2)=CN=C1C(=O)c1cccc(C)c1. The number of benzene rings is 2. The lowest BCUT2D eigenvalue weighted by Crippen LogP contribution is -2.26. The van der Waals surface area contributed by atoms with Crippen LogP contribution < -0.4 is 0 Å². The number of ketones is 1. The smallest absolute Gasteiger partial charge is 0.306 e. The molecule has 144 valence electrons. The van der Waals surface area contributed by atoms with Crippen LogP contribution in [0.3, 0.4) is 0 Å². The Morgan fingerprint density at radius 2 is 1.79 bits per heavy atom. The van der Waals surface area contributed by atoms with E-state index in [4.69, 9.17) is 4.74 Å². The first-order valence-electron chi connectivity index (χ1n) is 9.50. The molecule has 4 heteroatoms. The highest BCUT2D eigenvalue weighted by atomic mass is 16.5. The van der Waals surface area contributed by atoms with E-state index in [1.807, 2.05) is 31.2 Å². The topological polar surface area (TPSA) is 55.7 Å². The van der Waals surface area contributed by atoms with E-state index < -0.39 is 0 Å². The van der Waals surface area contributed by atoms with Gasteiger partial charge in [-0.2, -0.15) is 0 Å². The third-order valence-electron chi connectivity index (χ3n) is 5.05. The first-order chi connectivity index (χ1) is 13.5. The number of methoxy groups -OCH3 is 1. The Kier molecular flexibility index (Phi) is 6.19. The van der Waals surface area contributed by atoms with Crippen molar-refractivity contribution in [3.63, 3.8) is 0 Å². The van der Waals surface area contributed by atoms with Gasteiger partial charge in [0.05, 0.1) is 19.2 Å². The van der Waals surface area contributed by atoms with Crippen molar-refractivity contribution in [3.8, 4) is 0 Å². The molecule has 1 atom stereocenters. The van der Waals surface area contributed by atoms with E-state index in [1.54, 1.807) is 12.3 Å². The molecule has 0 radical (unpaired) electrons. The van der Waals surface area contributed by atoms with Crippen LogP contribution in [0.25, 0.3) is 5.57 Å². The van der Waals surface area contributed by atoms with Crippen LogP contribution in [-0.4, -0.2) is 24.6 Å². The number of allylic oxidation sites excluding steroid dienone is 1. The van der Waals surface area contributed by atoms with Crippen LogP contribution in [0.5, 0.6) is 0 Å². The average molecular weight is 375 g/mol. The summed E-state index contributed by atoms with van der Waals surface area (Å²) in [4.78, 5) is 29.7. The minimum absolute atomic E-state index is 0.126. The third kappa shape index (κ3) is 4.63.